The standard InChI is InChI=1S/C31H34Cl2N2O4/c1-37-25-13-20(14-26(16-25)38-2)19-39-24-7-3-5-21(15-24)27-11-12-34-17-28(27)31(36)35(23-9-10-23)18-22-6-4-8-29(32)30(22)33/h3-8,13-16,23,27-28,34H,9-12,17-19H2,1-2H3/t27-,28+/m1/s1. The van der Waals surface area contributed by atoms with E-state index in [0.717, 1.165) is 59.7 Å². The minimum Gasteiger partial charge on any atom is -0.497 e. The molecule has 6 nitrogen and oxygen atoms in total. The van der Waals surface area contributed by atoms with E-state index in [-0.39, 0.29) is 23.8 Å². The second-order valence-electron chi connectivity index (χ2n) is 10.2. The molecule has 5 rings (SSSR count). The molecule has 1 saturated heterocycles. The maximum absolute atomic E-state index is 14.0. The SMILES string of the molecule is COc1cc(COc2cccc([C@H]3CCNC[C@@H]3C(=O)N(Cc3cccc(Cl)c3Cl)C3CC3)c2)cc(OC)c1. The van der Waals surface area contributed by atoms with E-state index in [0.29, 0.717) is 29.7 Å². The maximum Gasteiger partial charge on any atom is 0.228 e. The zero-order chi connectivity index (χ0) is 27.4. The van der Waals surface area contributed by atoms with Gasteiger partial charge in [-0.05, 0) is 78.7 Å². The molecule has 1 aliphatic carbocycles. The third-order valence-corrected chi connectivity index (χ3v) is 8.40. The van der Waals surface area contributed by atoms with Crippen LogP contribution in [0.15, 0.2) is 60.7 Å². The van der Waals surface area contributed by atoms with Crippen molar-refractivity contribution in [2.75, 3.05) is 27.3 Å². The molecule has 3 aromatic carbocycles. The molecule has 39 heavy (non-hydrogen) atoms. The van der Waals surface area contributed by atoms with Crippen molar-refractivity contribution in [3.63, 3.8) is 0 Å². The highest BCUT2D eigenvalue weighted by Gasteiger charge is 2.40. The van der Waals surface area contributed by atoms with Crippen LogP contribution in [0.3, 0.4) is 0 Å². The fourth-order valence-electron chi connectivity index (χ4n) is 5.31. The Morgan fingerprint density at radius 2 is 1.69 bits per heavy atom. The number of nitrogens with zero attached hydrogens (tertiary/aromatic N) is 1. The predicted octanol–water partition coefficient (Wildman–Crippen LogP) is 6.47. The lowest BCUT2D eigenvalue weighted by Crippen LogP contribution is -2.47. The number of nitrogens with one attached hydrogen (secondary N) is 1. The topological polar surface area (TPSA) is 60.0 Å². The number of hydrogen-bond acceptors (Lipinski definition) is 5. The fraction of sp³-hybridized carbons (Fsp3) is 0.387. The number of rotatable bonds is 10. The third kappa shape index (κ3) is 6.63. The Labute approximate surface area is 240 Å². The monoisotopic (exact) mass is 568 g/mol. The van der Waals surface area contributed by atoms with E-state index in [1.807, 2.05) is 47.4 Å². The molecule has 3 aromatic rings. The van der Waals surface area contributed by atoms with Gasteiger partial charge in [0.2, 0.25) is 5.91 Å². The average molecular weight is 570 g/mol. The van der Waals surface area contributed by atoms with Crippen LogP contribution in [0.5, 0.6) is 17.2 Å². The van der Waals surface area contributed by atoms with Crippen LogP contribution >= 0.6 is 23.2 Å². The summed E-state index contributed by atoms with van der Waals surface area (Å²) in [5.41, 5.74) is 2.95. The Kier molecular flexibility index (Phi) is 8.85. The molecule has 206 valence electrons. The van der Waals surface area contributed by atoms with Gasteiger partial charge in [0.25, 0.3) is 0 Å². The van der Waals surface area contributed by atoms with E-state index < -0.39 is 0 Å². The van der Waals surface area contributed by atoms with Crippen molar-refractivity contribution >= 4 is 29.1 Å². The molecule has 0 radical (unpaired) electrons. The van der Waals surface area contributed by atoms with Crippen molar-refractivity contribution in [3.8, 4) is 17.2 Å². The van der Waals surface area contributed by atoms with E-state index in [1.165, 1.54) is 0 Å². The predicted molar refractivity (Wildman–Crippen MR) is 154 cm³/mol. The minimum absolute atomic E-state index is 0.0929. The summed E-state index contributed by atoms with van der Waals surface area (Å²) < 4.78 is 16.9. The second-order valence-corrected chi connectivity index (χ2v) is 11.0. The third-order valence-electron chi connectivity index (χ3n) is 7.55. The first kappa shape index (κ1) is 27.6. The van der Waals surface area contributed by atoms with Gasteiger partial charge in [-0.1, -0.05) is 47.5 Å². The van der Waals surface area contributed by atoms with E-state index in [1.54, 1.807) is 20.3 Å². The van der Waals surface area contributed by atoms with Crippen molar-refractivity contribution in [1.29, 1.82) is 0 Å². The van der Waals surface area contributed by atoms with Crippen molar-refractivity contribution in [3.05, 3.63) is 87.4 Å². The Bertz CT molecular complexity index is 1290. The van der Waals surface area contributed by atoms with Gasteiger partial charge in [-0.2, -0.15) is 0 Å². The summed E-state index contributed by atoms with van der Waals surface area (Å²) in [6.07, 6.45) is 2.92. The van der Waals surface area contributed by atoms with Crippen molar-refractivity contribution in [2.24, 2.45) is 5.92 Å². The van der Waals surface area contributed by atoms with Gasteiger partial charge >= 0.3 is 0 Å². The van der Waals surface area contributed by atoms with Gasteiger partial charge in [0, 0.05) is 25.2 Å². The summed E-state index contributed by atoms with van der Waals surface area (Å²) in [6, 6.07) is 19.7. The lowest BCUT2D eigenvalue weighted by Gasteiger charge is -2.36. The molecule has 0 spiro atoms. The van der Waals surface area contributed by atoms with E-state index in [2.05, 4.69) is 17.4 Å². The molecule has 0 bridgehead atoms. The van der Waals surface area contributed by atoms with E-state index >= 15 is 0 Å². The van der Waals surface area contributed by atoms with Crippen molar-refractivity contribution in [2.45, 2.75) is 44.4 Å². The molecule has 1 saturated carbocycles. The lowest BCUT2D eigenvalue weighted by molar-refractivity contribution is -0.138. The summed E-state index contributed by atoms with van der Waals surface area (Å²) in [5, 5.41) is 4.48. The van der Waals surface area contributed by atoms with Crippen LogP contribution in [-0.4, -0.2) is 44.2 Å². The second kappa shape index (κ2) is 12.5. The van der Waals surface area contributed by atoms with Crippen LogP contribution < -0.4 is 19.5 Å². The fourth-order valence-corrected chi connectivity index (χ4v) is 5.69. The molecule has 8 heteroatoms. The summed E-state index contributed by atoms with van der Waals surface area (Å²) in [7, 11) is 3.27. The Hall–Kier alpha value is -2.93. The van der Waals surface area contributed by atoms with Crippen LogP contribution in [0.2, 0.25) is 10.0 Å². The van der Waals surface area contributed by atoms with Crippen molar-refractivity contribution in [1.82, 2.24) is 10.2 Å². The average Bonchev–Trinajstić information content (AvgIpc) is 3.82. The van der Waals surface area contributed by atoms with Gasteiger partial charge in [0.05, 0.1) is 30.2 Å². The number of hydrogen-bond donors (Lipinski definition) is 1. The molecule has 2 fully saturated rings. The van der Waals surface area contributed by atoms with Gasteiger partial charge < -0.3 is 24.4 Å². The van der Waals surface area contributed by atoms with Crippen LogP contribution in [0.4, 0.5) is 0 Å². The molecular weight excluding hydrogens is 535 g/mol. The smallest absolute Gasteiger partial charge is 0.228 e. The Balaban J connectivity index is 1.33. The summed E-state index contributed by atoms with van der Waals surface area (Å²) in [5.74, 6) is 2.30. The van der Waals surface area contributed by atoms with Gasteiger partial charge in [-0.25, -0.2) is 0 Å². The first-order valence-corrected chi connectivity index (χ1v) is 14.1. The first-order valence-electron chi connectivity index (χ1n) is 13.4. The summed E-state index contributed by atoms with van der Waals surface area (Å²) in [4.78, 5) is 16.0. The van der Waals surface area contributed by atoms with Gasteiger partial charge in [-0.3, -0.25) is 4.79 Å². The number of benzene rings is 3. The molecule has 1 amide bonds. The minimum atomic E-state index is -0.171. The zero-order valence-electron chi connectivity index (χ0n) is 22.3. The summed E-state index contributed by atoms with van der Waals surface area (Å²) in [6.45, 7) is 2.36. The number of ether oxygens (including phenoxy) is 3. The van der Waals surface area contributed by atoms with Gasteiger partial charge in [-0.15, -0.1) is 0 Å². The molecule has 1 aliphatic heterocycles. The van der Waals surface area contributed by atoms with Crippen LogP contribution in [0, 0.1) is 5.92 Å². The van der Waals surface area contributed by atoms with Gasteiger partial charge in [0.1, 0.15) is 23.9 Å². The largest absolute Gasteiger partial charge is 0.497 e. The number of halogens is 2. The van der Waals surface area contributed by atoms with Crippen LogP contribution in [0.1, 0.15) is 41.9 Å². The molecule has 2 aliphatic rings. The zero-order valence-corrected chi connectivity index (χ0v) is 23.8. The number of piperidine rings is 1. The Morgan fingerprint density at radius 3 is 2.41 bits per heavy atom. The molecule has 0 aromatic heterocycles. The van der Waals surface area contributed by atoms with E-state index in [4.69, 9.17) is 37.4 Å². The maximum atomic E-state index is 14.0. The van der Waals surface area contributed by atoms with Crippen molar-refractivity contribution < 1.29 is 19.0 Å². The highest BCUT2D eigenvalue weighted by molar-refractivity contribution is 6.42. The first-order chi connectivity index (χ1) is 19.0. The lowest BCUT2D eigenvalue weighted by atomic mass is 9.80. The number of amides is 1. The number of carbonyl (C=O) groups excluding carboxylic acids is 1. The number of methoxy groups -OCH3 is 2. The molecule has 1 heterocycles. The van der Waals surface area contributed by atoms with Gasteiger partial charge in [0.15, 0.2) is 0 Å². The molecule has 1 N–H and O–H groups in total. The normalized spacial score (nSPS) is 18.9. The molecular formula is C31H34Cl2N2O4. The number of carbonyl (C=O) groups is 1. The van der Waals surface area contributed by atoms with Crippen LogP contribution in [-0.2, 0) is 17.9 Å². The highest BCUT2D eigenvalue weighted by atomic mass is 35.5. The highest BCUT2D eigenvalue weighted by Crippen LogP contribution is 2.38. The Morgan fingerprint density at radius 1 is 0.949 bits per heavy atom. The van der Waals surface area contributed by atoms with E-state index in [9.17, 15) is 4.79 Å². The molecule has 0 unspecified atom stereocenters. The summed E-state index contributed by atoms with van der Waals surface area (Å²) >= 11 is 12.8. The van der Waals surface area contributed by atoms with Crippen LogP contribution in [0.25, 0.3) is 0 Å². The quantitative estimate of drug-likeness (QED) is 0.303. The molecule has 2 atom stereocenters.